The first-order chi connectivity index (χ1) is 6.52. The van der Waals surface area contributed by atoms with Crippen molar-refractivity contribution in [1.29, 1.82) is 0 Å². The van der Waals surface area contributed by atoms with Crippen LogP contribution in [0.1, 0.15) is 60.5 Å². The molecule has 0 aromatic carbocycles. The van der Waals surface area contributed by atoms with Crippen LogP contribution in [0.2, 0.25) is 0 Å². The maximum atomic E-state index is 11.1. The Balaban J connectivity index is 1.96. The Hall–Kier alpha value is -0.330. The second-order valence-electron chi connectivity index (χ2n) is 4.29. The van der Waals surface area contributed by atoms with Crippen molar-refractivity contribution < 1.29 is 7.54 Å². The van der Waals surface area contributed by atoms with E-state index in [2.05, 4.69) is 0 Å². The summed E-state index contributed by atoms with van der Waals surface area (Å²) in [5.41, 5.74) is 0.333. The van der Waals surface area contributed by atoms with Crippen LogP contribution in [0.15, 0.2) is 0 Å². The Morgan fingerprint density at radius 2 is 1.67 bits per heavy atom. The molecular formula is C11H18O. The highest BCUT2D eigenvalue weighted by molar-refractivity contribution is 5.79. The Labute approximate surface area is 77.3 Å². The highest BCUT2D eigenvalue weighted by atomic mass is 16.1. The van der Waals surface area contributed by atoms with Gasteiger partial charge in [-0.3, -0.25) is 4.79 Å². The van der Waals surface area contributed by atoms with E-state index in [1.165, 1.54) is 0 Å². The zero-order valence-electron chi connectivity index (χ0n) is 9.57. The second kappa shape index (κ2) is 3.20. The molecule has 2 aliphatic rings. The lowest BCUT2D eigenvalue weighted by atomic mass is 9.65. The van der Waals surface area contributed by atoms with E-state index in [4.69, 9.17) is 2.74 Å². The Morgan fingerprint density at radius 1 is 1.08 bits per heavy atom. The molecular weight excluding hydrogens is 148 g/mol. The Bertz CT molecular complexity index is 226. The van der Waals surface area contributed by atoms with Gasteiger partial charge in [0.2, 0.25) is 0 Å². The predicted molar refractivity (Wildman–Crippen MR) is 49.0 cm³/mol. The van der Waals surface area contributed by atoms with Crippen molar-refractivity contribution in [1.82, 2.24) is 0 Å². The van der Waals surface area contributed by atoms with Gasteiger partial charge >= 0.3 is 0 Å². The van der Waals surface area contributed by atoms with Crippen molar-refractivity contribution >= 4 is 5.78 Å². The van der Waals surface area contributed by atoms with E-state index in [0.29, 0.717) is 24.0 Å². The lowest BCUT2D eigenvalue weighted by Crippen LogP contribution is -2.29. The molecule has 0 aromatic rings. The fraction of sp³-hybridized carbons (Fsp3) is 0.909. The van der Waals surface area contributed by atoms with E-state index in [9.17, 15) is 4.79 Å². The molecule has 0 atom stereocenters. The lowest BCUT2D eigenvalue weighted by Gasteiger charge is -2.39. The molecule has 0 bridgehead atoms. The predicted octanol–water partition coefficient (Wildman–Crippen LogP) is 3.08. The smallest absolute Gasteiger partial charge is 0.132 e. The summed E-state index contributed by atoms with van der Waals surface area (Å²) < 4.78 is 15.3. The fourth-order valence-electron chi connectivity index (χ4n) is 2.52. The normalized spacial score (nSPS) is 35.8. The number of ketones is 1. The number of hydrogen-bond acceptors (Lipinski definition) is 1. The number of Topliss-reactive ketones (excluding diaryl/α,β-unsaturated/α-hetero) is 1. The van der Waals surface area contributed by atoms with E-state index in [-0.39, 0.29) is 0 Å². The molecule has 1 spiro atoms. The van der Waals surface area contributed by atoms with Crippen LogP contribution in [-0.2, 0) is 4.79 Å². The highest BCUT2D eigenvalue weighted by Crippen LogP contribution is 2.46. The van der Waals surface area contributed by atoms with Gasteiger partial charge in [-0.15, -0.1) is 0 Å². The maximum Gasteiger partial charge on any atom is 0.132 e. The molecule has 0 unspecified atom stereocenters. The van der Waals surface area contributed by atoms with Gasteiger partial charge in [0.15, 0.2) is 0 Å². The van der Waals surface area contributed by atoms with Crippen LogP contribution in [0, 0.1) is 5.41 Å². The van der Waals surface area contributed by atoms with E-state index >= 15 is 0 Å². The van der Waals surface area contributed by atoms with Crippen molar-refractivity contribution in [3.8, 4) is 0 Å². The summed E-state index contributed by atoms with van der Waals surface area (Å²) in [7, 11) is 0. The van der Waals surface area contributed by atoms with Gasteiger partial charge in [-0.2, -0.15) is 0 Å². The molecule has 0 saturated heterocycles. The topological polar surface area (TPSA) is 17.1 Å². The molecule has 1 heteroatoms. The van der Waals surface area contributed by atoms with Crippen LogP contribution in [0.3, 0.4) is 0 Å². The van der Waals surface area contributed by atoms with E-state index in [0.717, 1.165) is 38.5 Å². The fourth-order valence-corrected chi connectivity index (χ4v) is 2.52. The summed E-state index contributed by atoms with van der Waals surface area (Å²) in [6.45, 7) is 0. The molecule has 0 N–H and O–H groups in total. The zero-order valence-corrected chi connectivity index (χ0v) is 7.57. The van der Waals surface area contributed by atoms with Gasteiger partial charge in [0.1, 0.15) is 5.78 Å². The summed E-state index contributed by atoms with van der Waals surface area (Å²) in [6, 6.07) is 0. The van der Waals surface area contributed by atoms with Crippen LogP contribution < -0.4 is 0 Å². The summed E-state index contributed by atoms with van der Waals surface area (Å²) in [6.07, 6.45) is 5.95. The largest absolute Gasteiger partial charge is 0.300 e. The van der Waals surface area contributed by atoms with Crippen molar-refractivity contribution in [2.24, 2.45) is 5.41 Å². The standard InChI is InChI=1S/C11H18O/c12-10-4-8-11(9-5-10)6-2-1-3-7-11/h1-9H2/i1D2. The minimum absolute atomic E-state index is 0.333. The molecule has 2 rings (SSSR count). The van der Waals surface area contributed by atoms with E-state index in [1.54, 1.807) is 0 Å². The van der Waals surface area contributed by atoms with Gasteiger partial charge in [0.25, 0.3) is 0 Å². The molecule has 0 radical (unpaired) electrons. The van der Waals surface area contributed by atoms with Gasteiger partial charge in [-0.1, -0.05) is 19.2 Å². The Morgan fingerprint density at radius 3 is 2.25 bits per heavy atom. The van der Waals surface area contributed by atoms with E-state index < -0.39 is 6.37 Å². The van der Waals surface area contributed by atoms with Gasteiger partial charge in [0.05, 0.1) is 0 Å². The second-order valence-corrected chi connectivity index (χ2v) is 4.29. The zero-order chi connectivity index (χ0) is 10.2. The van der Waals surface area contributed by atoms with Crippen LogP contribution in [0.5, 0.6) is 0 Å². The van der Waals surface area contributed by atoms with Gasteiger partial charge < -0.3 is 0 Å². The number of rotatable bonds is 0. The van der Waals surface area contributed by atoms with Crippen molar-refractivity contribution in [2.75, 3.05) is 0 Å². The molecule has 2 aliphatic carbocycles. The number of carbonyl (C=O) groups excluding carboxylic acids is 1. The number of hydrogen-bond donors (Lipinski definition) is 0. The third-order valence-electron chi connectivity index (χ3n) is 3.53. The van der Waals surface area contributed by atoms with Crippen molar-refractivity contribution in [3.05, 3.63) is 0 Å². The number of carbonyl (C=O) groups is 1. The maximum absolute atomic E-state index is 11.1. The molecule has 0 heterocycles. The molecule has 2 saturated carbocycles. The monoisotopic (exact) mass is 168 g/mol. The first-order valence-electron chi connectivity index (χ1n) is 6.03. The molecule has 1 nitrogen and oxygen atoms in total. The van der Waals surface area contributed by atoms with Gasteiger partial charge in [-0.05, 0) is 31.1 Å². The van der Waals surface area contributed by atoms with Crippen LogP contribution in [0.25, 0.3) is 0 Å². The third-order valence-corrected chi connectivity index (χ3v) is 3.53. The molecule has 12 heavy (non-hydrogen) atoms. The lowest BCUT2D eigenvalue weighted by molar-refractivity contribution is -0.122. The van der Waals surface area contributed by atoms with Gasteiger partial charge in [-0.25, -0.2) is 0 Å². The minimum atomic E-state index is -0.938. The average Bonchev–Trinajstić information content (AvgIpc) is 2.16. The Kier molecular flexibility index (Phi) is 1.64. The van der Waals surface area contributed by atoms with E-state index in [1.807, 2.05) is 0 Å². The average molecular weight is 168 g/mol. The van der Waals surface area contributed by atoms with Crippen LogP contribution in [-0.4, -0.2) is 5.78 Å². The third kappa shape index (κ3) is 1.55. The van der Waals surface area contributed by atoms with Crippen molar-refractivity contribution in [2.45, 2.75) is 57.7 Å². The quantitative estimate of drug-likeness (QED) is 0.543. The van der Waals surface area contributed by atoms with Crippen molar-refractivity contribution in [3.63, 3.8) is 0 Å². The minimum Gasteiger partial charge on any atom is -0.300 e. The van der Waals surface area contributed by atoms with Crippen LogP contribution >= 0.6 is 0 Å². The summed E-state index contributed by atoms with van der Waals surface area (Å²) in [4.78, 5) is 11.1. The first kappa shape index (κ1) is 6.17. The van der Waals surface area contributed by atoms with Gasteiger partial charge in [0, 0.05) is 15.6 Å². The molecule has 0 aliphatic heterocycles. The molecule has 2 fully saturated rings. The highest BCUT2D eigenvalue weighted by Gasteiger charge is 2.35. The summed E-state index contributed by atoms with van der Waals surface area (Å²) >= 11 is 0. The molecule has 68 valence electrons. The molecule has 0 amide bonds. The summed E-state index contributed by atoms with van der Waals surface area (Å²) in [5, 5.41) is 0. The van der Waals surface area contributed by atoms with Crippen LogP contribution in [0.4, 0.5) is 0 Å². The summed E-state index contributed by atoms with van der Waals surface area (Å²) in [5.74, 6) is 0.407. The SMILES string of the molecule is [2H]C1([2H])CCC2(CCC(=O)CC2)CC1. The first-order valence-corrected chi connectivity index (χ1v) is 5.03. The molecule has 0 aromatic heterocycles.